The number of hydrogen-bond acceptors (Lipinski definition) is 6. The number of phenols is 2. The Hall–Kier alpha value is -3.42. The van der Waals surface area contributed by atoms with Crippen LogP contribution in [0, 0.1) is 0 Å². The van der Waals surface area contributed by atoms with Crippen LogP contribution in [0.1, 0.15) is 20.7 Å². The fraction of sp³-hybridized carbons (Fsp3) is 0. The Kier molecular flexibility index (Phi) is 5.17. The summed E-state index contributed by atoms with van der Waals surface area (Å²) < 4.78 is 0. The Morgan fingerprint density at radius 2 is 1.41 bits per heavy atom. The number of carboxylic acids is 2. The van der Waals surface area contributed by atoms with Gasteiger partial charge in [0.2, 0.25) is 0 Å². The monoisotopic (exact) mass is 306 g/mol. The maximum atomic E-state index is 10.4. The lowest BCUT2D eigenvalue weighted by Gasteiger charge is -1.98. The average molecular weight is 306 g/mol. The van der Waals surface area contributed by atoms with Gasteiger partial charge in [0.1, 0.15) is 17.1 Å². The largest absolute Gasteiger partial charge is 0.507 e. The summed E-state index contributed by atoms with van der Waals surface area (Å²) in [7, 11) is 0. The maximum absolute atomic E-state index is 10.4. The van der Waals surface area contributed by atoms with Crippen molar-refractivity contribution in [1.29, 1.82) is 0 Å². The van der Waals surface area contributed by atoms with E-state index in [9.17, 15) is 9.59 Å². The van der Waals surface area contributed by atoms with E-state index in [-0.39, 0.29) is 28.3 Å². The Labute approximate surface area is 124 Å². The van der Waals surface area contributed by atoms with E-state index in [0.717, 1.165) is 0 Å². The van der Waals surface area contributed by atoms with Crippen molar-refractivity contribution in [1.82, 2.24) is 0 Å². The molecule has 2 aromatic carbocycles. The zero-order valence-electron chi connectivity index (χ0n) is 11.2. The molecule has 0 amide bonds. The molecule has 0 bridgehead atoms. The zero-order chi connectivity index (χ0) is 16.9. The summed E-state index contributed by atoms with van der Waals surface area (Å²) >= 11 is 0. The first-order valence-electron chi connectivity index (χ1n) is 5.86. The highest BCUT2D eigenvalue weighted by Crippen LogP contribution is 2.20. The molecule has 8 nitrogen and oxygen atoms in total. The average Bonchev–Trinajstić information content (AvgIpc) is 2.44. The number of aromatic hydroxyl groups is 2. The van der Waals surface area contributed by atoms with Crippen molar-refractivity contribution in [3.05, 3.63) is 47.5 Å². The summed E-state index contributed by atoms with van der Waals surface area (Å²) in [5, 5.41) is 34.8. The minimum atomic E-state index is -1.19. The van der Waals surface area contributed by atoms with Crippen molar-refractivity contribution in [3.8, 4) is 11.5 Å². The first-order chi connectivity index (χ1) is 10.2. The third-order valence-corrected chi connectivity index (χ3v) is 2.53. The van der Waals surface area contributed by atoms with E-state index in [1.165, 1.54) is 36.4 Å². The van der Waals surface area contributed by atoms with E-state index >= 15 is 0 Å². The number of carbonyl (C=O) groups is 2. The van der Waals surface area contributed by atoms with Crippen LogP contribution in [0.3, 0.4) is 0 Å². The molecule has 0 unspecified atom stereocenters. The van der Waals surface area contributed by atoms with Crippen LogP contribution in [0.15, 0.2) is 36.4 Å². The van der Waals surface area contributed by atoms with E-state index in [4.69, 9.17) is 31.9 Å². The molecule has 116 valence electrons. The van der Waals surface area contributed by atoms with E-state index in [0.29, 0.717) is 5.69 Å². The minimum Gasteiger partial charge on any atom is -0.507 e. The molecule has 0 radical (unpaired) electrons. The number of rotatable bonds is 2. The Bertz CT molecular complexity index is 714. The Morgan fingerprint density at radius 1 is 0.818 bits per heavy atom. The highest BCUT2D eigenvalue weighted by Gasteiger charge is 2.08. The first kappa shape index (κ1) is 16.6. The van der Waals surface area contributed by atoms with Crippen LogP contribution in [0.25, 0.3) is 0 Å². The van der Waals surface area contributed by atoms with Crippen LogP contribution < -0.4 is 11.5 Å². The molecule has 0 aliphatic carbocycles. The van der Waals surface area contributed by atoms with Crippen LogP contribution in [-0.2, 0) is 0 Å². The fourth-order valence-corrected chi connectivity index (χ4v) is 1.41. The van der Waals surface area contributed by atoms with Gasteiger partial charge in [-0.25, -0.2) is 9.59 Å². The van der Waals surface area contributed by atoms with E-state index < -0.39 is 11.9 Å². The smallest absolute Gasteiger partial charge is 0.339 e. The SMILES string of the molecule is Nc1cc(C(=O)O)ccc1O.Nc1ccc(O)c(C(=O)O)c1. The predicted molar refractivity (Wildman–Crippen MR) is 79.0 cm³/mol. The van der Waals surface area contributed by atoms with Gasteiger partial charge in [0, 0.05) is 5.69 Å². The van der Waals surface area contributed by atoms with Crippen LogP contribution in [0.5, 0.6) is 11.5 Å². The first-order valence-corrected chi connectivity index (χ1v) is 5.86. The summed E-state index contributed by atoms with van der Waals surface area (Å²) in [5.74, 6) is -2.62. The molecule has 0 aromatic heterocycles. The third-order valence-electron chi connectivity index (χ3n) is 2.53. The van der Waals surface area contributed by atoms with Crippen molar-refractivity contribution in [2.75, 3.05) is 11.5 Å². The van der Waals surface area contributed by atoms with Crippen LogP contribution >= 0.6 is 0 Å². The lowest BCUT2D eigenvalue weighted by molar-refractivity contribution is 0.0684. The highest BCUT2D eigenvalue weighted by molar-refractivity contribution is 5.91. The molecule has 8 heteroatoms. The van der Waals surface area contributed by atoms with Crippen LogP contribution in [-0.4, -0.2) is 32.4 Å². The van der Waals surface area contributed by atoms with Crippen LogP contribution in [0.4, 0.5) is 11.4 Å². The maximum Gasteiger partial charge on any atom is 0.339 e. The highest BCUT2D eigenvalue weighted by atomic mass is 16.4. The topological polar surface area (TPSA) is 167 Å². The molecule has 8 N–H and O–H groups in total. The van der Waals surface area contributed by atoms with Gasteiger partial charge >= 0.3 is 11.9 Å². The number of nitrogens with two attached hydrogens (primary N) is 2. The van der Waals surface area contributed by atoms with Gasteiger partial charge in [0.25, 0.3) is 0 Å². The zero-order valence-corrected chi connectivity index (χ0v) is 11.2. The molecule has 0 saturated carbocycles. The van der Waals surface area contributed by atoms with E-state index in [1.54, 1.807) is 0 Å². The molecule has 0 spiro atoms. The number of hydrogen-bond donors (Lipinski definition) is 6. The van der Waals surface area contributed by atoms with Crippen molar-refractivity contribution in [2.24, 2.45) is 0 Å². The molecular formula is C14H14N2O6. The van der Waals surface area contributed by atoms with Gasteiger partial charge in [0.15, 0.2) is 0 Å². The Balaban J connectivity index is 0.000000220. The fourth-order valence-electron chi connectivity index (χ4n) is 1.41. The van der Waals surface area contributed by atoms with Gasteiger partial charge in [-0.15, -0.1) is 0 Å². The Morgan fingerprint density at radius 3 is 1.86 bits per heavy atom. The van der Waals surface area contributed by atoms with Crippen molar-refractivity contribution >= 4 is 23.3 Å². The predicted octanol–water partition coefficient (Wildman–Crippen LogP) is 1.35. The van der Waals surface area contributed by atoms with Gasteiger partial charge in [-0.1, -0.05) is 0 Å². The molecular weight excluding hydrogens is 292 g/mol. The van der Waals surface area contributed by atoms with Crippen molar-refractivity contribution < 1.29 is 30.0 Å². The number of benzene rings is 2. The molecule has 0 aliphatic rings. The molecule has 0 saturated heterocycles. The number of phenolic OH excluding ortho intramolecular Hbond substituents is 1. The minimum absolute atomic E-state index is 0.0697. The second kappa shape index (κ2) is 6.84. The summed E-state index contributed by atoms with van der Waals surface area (Å²) in [4.78, 5) is 20.7. The molecule has 0 fully saturated rings. The second-order valence-electron chi connectivity index (χ2n) is 4.16. The quantitative estimate of drug-likeness (QED) is 0.274. The molecule has 0 atom stereocenters. The number of aromatic carboxylic acids is 2. The van der Waals surface area contributed by atoms with Gasteiger partial charge in [-0.3, -0.25) is 0 Å². The normalized spacial score (nSPS) is 9.45. The molecule has 2 aromatic rings. The van der Waals surface area contributed by atoms with Crippen LogP contribution in [0.2, 0.25) is 0 Å². The molecule has 2 rings (SSSR count). The number of anilines is 2. The summed E-state index contributed by atoms with van der Waals surface area (Å²) in [6, 6.07) is 7.63. The third kappa shape index (κ3) is 4.30. The summed E-state index contributed by atoms with van der Waals surface area (Å²) in [5.41, 5.74) is 10.8. The molecule has 22 heavy (non-hydrogen) atoms. The van der Waals surface area contributed by atoms with Crippen molar-refractivity contribution in [3.63, 3.8) is 0 Å². The van der Waals surface area contributed by atoms with E-state index in [1.807, 2.05) is 0 Å². The lowest BCUT2D eigenvalue weighted by Crippen LogP contribution is -1.97. The van der Waals surface area contributed by atoms with Crippen molar-refractivity contribution in [2.45, 2.75) is 0 Å². The van der Waals surface area contributed by atoms with Gasteiger partial charge < -0.3 is 31.9 Å². The molecule has 0 aliphatic heterocycles. The van der Waals surface area contributed by atoms with Gasteiger partial charge in [0.05, 0.1) is 11.3 Å². The standard InChI is InChI=1S/2C7H7NO3/c8-4-1-2-6(9)5(3-4)7(10)11;8-5-3-4(7(10)11)1-2-6(5)9/h2*1-3,9H,8H2,(H,10,11). The summed E-state index contributed by atoms with van der Waals surface area (Å²) in [6.45, 7) is 0. The second-order valence-corrected chi connectivity index (χ2v) is 4.16. The molecule has 0 heterocycles. The summed E-state index contributed by atoms with van der Waals surface area (Å²) in [6.07, 6.45) is 0. The van der Waals surface area contributed by atoms with Gasteiger partial charge in [-0.05, 0) is 36.4 Å². The number of carboxylic acid groups (broad SMARTS) is 2. The lowest BCUT2D eigenvalue weighted by atomic mass is 10.2. The van der Waals surface area contributed by atoms with E-state index in [2.05, 4.69) is 0 Å². The van der Waals surface area contributed by atoms with Gasteiger partial charge in [-0.2, -0.15) is 0 Å². The number of nitrogen functional groups attached to an aromatic ring is 2.